The zero-order valence-electron chi connectivity index (χ0n) is 28.2. The Hall–Kier alpha value is -5.44. The maximum atomic E-state index is 13.2. The topological polar surface area (TPSA) is 76.0 Å². The van der Waals surface area contributed by atoms with Crippen LogP contribution in [0.1, 0.15) is 60.5 Å². The van der Waals surface area contributed by atoms with Gasteiger partial charge < -0.3 is 15.2 Å². The first-order valence-corrected chi connectivity index (χ1v) is 16.8. The van der Waals surface area contributed by atoms with Crippen molar-refractivity contribution in [1.29, 1.82) is 0 Å². The van der Waals surface area contributed by atoms with Crippen LogP contribution in [0.15, 0.2) is 109 Å². The second-order valence-electron chi connectivity index (χ2n) is 12.1. The minimum Gasteiger partial charge on any atom is -0.348 e. The second-order valence-corrected chi connectivity index (χ2v) is 12.1. The number of imidazole rings is 1. The van der Waals surface area contributed by atoms with Gasteiger partial charge >= 0.3 is 6.18 Å². The smallest absolute Gasteiger partial charge is 0.348 e. The Morgan fingerprint density at radius 1 is 0.800 bits per heavy atom. The molecule has 9 heteroatoms. The summed E-state index contributed by atoms with van der Waals surface area (Å²) in [6.45, 7) is 3.12. The average molecular weight is 679 g/mol. The number of aryl methyl sites for hydroxylation is 1. The molecule has 1 aromatic heterocycles. The molecule has 258 valence electrons. The fourth-order valence-corrected chi connectivity index (χ4v) is 6.34. The lowest BCUT2D eigenvalue weighted by Crippen LogP contribution is -2.33. The maximum absolute atomic E-state index is 13.2. The van der Waals surface area contributed by atoms with E-state index < -0.39 is 18.6 Å². The summed E-state index contributed by atoms with van der Waals surface area (Å²) in [6, 6.07) is 35.5. The normalized spacial score (nSPS) is 12.9. The third-order valence-electron chi connectivity index (χ3n) is 8.64. The van der Waals surface area contributed by atoms with Gasteiger partial charge in [-0.25, -0.2) is 4.98 Å². The Morgan fingerprint density at radius 2 is 1.40 bits per heavy atom. The van der Waals surface area contributed by atoms with E-state index in [2.05, 4.69) is 69.5 Å². The lowest BCUT2D eigenvalue weighted by molar-refractivity contribution is -0.137. The fraction of sp³-hybridized carbons (Fsp3) is 0.244. The number of amides is 2. The minimum atomic E-state index is -4.30. The van der Waals surface area contributed by atoms with Gasteiger partial charge in [0.25, 0.3) is 5.91 Å². The number of hydrogen-bond acceptors (Lipinski definition) is 3. The van der Waals surface area contributed by atoms with E-state index in [1.54, 1.807) is 5.32 Å². The second kappa shape index (κ2) is 16.8. The number of alkyl halides is 3. The van der Waals surface area contributed by atoms with Crippen LogP contribution in [0.25, 0.3) is 34.4 Å². The molecule has 0 saturated heterocycles. The first kappa shape index (κ1) is 35.9. The van der Waals surface area contributed by atoms with Crippen molar-refractivity contribution in [2.24, 2.45) is 0 Å². The number of nitrogens with one attached hydrogen (secondary N) is 2. The van der Waals surface area contributed by atoms with Crippen LogP contribution in [0.4, 0.5) is 13.2 Å². The zero-order valence-corrected chi connectivity index (χ0v) is 28.2. The highest BCUT2D eigenvalue weighted by atomic mass is 19.4. The van der Waals surface area contributed by atoms with E-state index in [9.17, 15) is 22.8 Å². The molecule has 1 aliphatic rings. The highest BCUT2D eigenvalue weighted by Crippen LogP contribution is 2.46. The van der Waals surface area contributed by atoms with E-state index in [1.165, 1.54) is 22.3 Å². The molecule has 0 bridgehead atoms. The molecule has 50 heavy (non-hydrogen) atoms. The predicted octanol–water partition coefficient (Wildman–Crippen LogP) is 7.23. The summed E-state index contributed by atoms with van der Waals surface area (Å²) in [6.07, 6.45) is 5.06. The van der Waals surface area contributed by atoms with Gasteiger partial charge in [-0.15, -0.1) is 0 Å². The number of rotatable bonds is 10. The lowest BCUT2D eigenvalue weighted by atomic mass is 9.91. The van der Waals surface area contributed by atoms with Gasteiger partial charge in [0.1, 0.15) is 6.54 Å². The number of carbonyl (C=O) groups is 2. The van der Waals surface area contributed by atoms with Crippen LogP contribution in [0.3, 0.4) is 0 Å². The van der Waals surface area contributed by atoms with Crippen molar-refractivity contribution in [3.8, 4) is 22.3 Å². The molecule has 1 aliphatic carbocycles. The average Bonchev–Trinajstić information content (AvgIpc) is 3.67. The predicted molar refractivity (Wildman–Crippen MR) is 193 cm³/mol. The molecule has 0 radical (unpaired) electrons. The van der Waals surface area contributed by atoms with Gasteiger partial charge in [0.05, 0.1) is 17.0 Å². The zero-order chi connectivity index (χ0) is 35.5. The van der Waals surface area contributed by atoms with E-state index in [4.69, 9.17) is 0 Å². The number of unbranched alkanes of at least 4 members (excludes halogenated alkanes) is 1. The lowest BCUT2D eigenvalue weighted by Gasteiger charge is -2.13. The van der Waals surface area contributed by atoms with E-state index in [-0.39, 0.29) is 5.91 Å². The Kier molecular flexibility index (Phi) is 12.0. The van der Waals surface area contributed by atoms with E-state index >= 15 is 0 Å². The Balaban J connectivity index is 0.000000478. The SMILES string of the molecule is C/C=c1/ncn(CCCCC2c3ccccc3-c3ccccc32)/c1=C/CNC(=O)c1ccccc1-c1ccccc1.CC(=O)NCC(F)(F)F. The summed E-state index contributed by atoms with van der Waals surface area (Å²) in [7, 11) is 0. The van der Waals surface area contributed by atoms with Crippen LogP contribution in [-0.2, 0) is 11.3 Å². The van der Waals surface area contributed by atoms with Gasteiger partial charge in [-0.05, 0) is 65.3 Å². The minimum absolute atomic E-state index is 0.0778. The van der Waals surface area contributed by atoms with Gasteiger partial charge in [0, 0.05) is 31.5 Å². The van der Waals surface area contributed by atoms with Crippen molar-refractivity contribution in [2.45, 2.75) is 51.7 Å². The molecule has 6 rings (SSSR count). The first-order valence-electron chi connectivity index (χ1n) is 16.8. The summed E-state index contributed by atoms with van der Waals surface area (Å²) in [5, 5.41) is 6.72. The summed E-state index contributed by atoms with van der Waals surface area (Å²) in [4.78, 5) is 27.7. The van der Waals surface area contributed by atoms with Gasteiger partial charge in [-0.3, -0.25) is 9.59 Å². The summed E-state index contributed by atoms with van der Waals surface area (Å²) in [5.74, 6) is -0.289. The van der Waals surface area contributed by atoms with Gasteiger partial charge in [-0.1, -0.05) is 110 Å². The number of aromatic nitrogens is 2. The maximum Gasteiger partial charge on any atom is 0.405 e. The standard InChI is InChI=1S/C37H35N3O.C4H6F3NO/c1-2-35-36(23-24-38-37(41)34-22-11-6-16-28(34)27-14-4-3-5-15-27)40(26-39-35)25-13-12-21-33-31-19-9-7-17-29(31)30-18-8-10-20-32(30)33;1-3(9)8-2-4(5,6)7/h2-11,14-20,22-23,26,33H,12-13,21,24-25H2,1H3,(H,38,41);2H2,1H3,(H,8,9)/b35-2+,36-23+;. The van der Waals surface area contributed by atoms with Crippen LogP contribution < -0.4 is 21.3 Å². The molecule has 6 nitrogen and oxygen atoms in total. The quantitative estimate of drug-likeness (QED) is 0.153. The van der Waals surface area contributed by atoms with Gasteiger partial charge in [-0.2, -0.15) is 13.2 Å². The number of benzene rings is 4. The van der Waals surface area contributed by atoms with Crippen molar-refractivity contribution >= 4 is 24.0 Å². The summed E-state index contributed by atoms with van der Waals surface area (Å²) in [5.41, 5.74) is 8.33. The van der Waals surface area contributed by atoms with E-state index in [0.29, 0.717) is 18.0 Å². The highest BCUT2D eigenvalue weighted by molar-refractivity contribution is 6.01. The number of carbonyl (C=O) groups excluding carboxylic acids is 2. The monoisotopic (exact) mass is 678 g/mol. The molecule has 2 N–H and O–H groups in total. The first-order chi connectivity index (χ1) is 24.2. The Labute approximate surface area is 290 Å². The van der Waals surface area contributed by atoms with Crippen molar-refractivity contribution in [1.82, 2.24) is 20.2 Å². The number of halogens is 3. The van der Waals surface area contributed by atoms with Crippen LogP contribution in [-0.4, -0.2) is 40.6 Å². The molecule has 0 aliphatic heterocycles. The van der Waals surface area contributed by atoms with E-state index in [0.717, 1.165) is 54.6 Å². The summed E-state index contributed by atoms with van der Waals surface area (Å²) >= 11 is 0. The summed E-state index contributed by atoms with van der Waals surface area (Å²) < 4.78 is 35.8. The molecule has 0 fully saturated rings. The van der Waals surface area contributed by atoms with Crippen LogP contribution in [0.2, 0.25) is 0 Å². The molecule has 5 aromatic rings. The van der Waals surface area contributed by atoms with E-state index in [1.807, 2.05) is 73.9 Å². The largest absolute Gasteiger partial charge is 0.405 e. The Bertz CT molecular complexity index is 1990. The van der Waals surface area contributed by atoms with Crippen LogP contribution in [0.5, 0.6) is 0 Å². The van der Waals surface area contributed by atoms with Gasteiger partial charge in [0.2, 0.25) is 5.91 Å². The fourth-order valence-electron chi connectivity index (χ4n) is 6.34. The van der Waals surface area contributed by atoms with Crippen molar-refractivity contribution in [2.75, 3.05) is 13.1 Å². The Morgan fingerprint density at radius 3 is 2.00 bits per heavy atom. The van der Waals surface area contributed by atoms with Gasteiger partial charge in [0.15, 0.2) is 0 Å². The highest BCUT2D eigenvalue weighted by Gasteiger charge is 2.28. The molecule has 0 atom stereocenters. The molecule has 0 saturated carbocycles. The van der Waals surface area contributed by atoms with Crippen LogP contribution >= 0.6 is 0 Å². The molecule has 4 aromatic carbocycles. The van der Waals surface area contributed by atoms with Crippen molar-refractivity contribution in [3.63, 3.8) is 0 Å². The molecule has 2 amide bonds. The molecule has 0 spiro atoms. The molecular formula is C41H41F3N4O2. The third kappa shape index (κ3) is 9.16. The molecular weight excluding hydrogens is 637 g/mol. The number of fused-ring (bicyclic) bond motifs is 3. The number of hydrogen-bond donors (Lipinski definition) is 2. The van der Waals surface area contributed by atoms with Crippen LogP contribution in [0, 0.1) is 0 Å². The molecule has 1 heterocycles. The third-order valence-corrected chi connectivity index (χ3v) is 8.64. The van der Waals surface area contributed by atoms with Crippen molar-refractivity contribution in [3.05, 3.63) is 137 Å². The molecule has 0 unspecified atom stereocenters. The van der Waals surface area contributed by atoms with Crippen molar-refractivity contribution < 1.29 is 22.8 Å². The number of nitrogens with zero attached hydrogens (tertiary/aromatic N) is 2.